The number of nitrogen functional groups attached to an aromatic ring is 1. The van der Waals surface area contributed by atoms with Crippen molar-refractivity contribution < 1.29 is 9.13 Å². The molecule has 0 bridgehead atoms. The van der Waals surface area contributed by atoms with Gasteiger partial charge in [0.15, 0.2) is 5.82 Å². The lowest BCUT2D eigenvalue weighted by Crippen LogP contribution is -1.98. The molecule has 2 aromatic heterocycles. The first-order valence-corrected chi connectivity index (χ1v) is 6.77. The van der Waals surface area contributed by atoms with Gasteiger partial charge in [0.05, 0.1) is 18.1 Å². The molecule has 2 heterocycles. The molecule has 0 aliphatic carbocycles. The van der Waals surface area contributed by atoms with Crippen molar-refractivity contribution in [3.63, 3.8) is 0 Å². The number of thiophene rings is 1. The fourth-order valence-electron chi connectivity index (χ4n) is 1.99. The number of fused-ring (bicyclic) bond motifs is 1. The Bertz CT molecular complexity index is 800. The molecule has 2 N–H and O–H groups in total. The first-order valence-electron chi connectivity index (χ1n) is 5.96. The van der Waals surface area contributed by atoms with Gasteiger partial charge in [-0.1, -0.05) is 0 Å². The minimum atomic E-state index is -0.434. The van der Waals surface area contributed by atoms with Crippen LogP contribution in [0.2, 0.25) is 0 Å². The number of hydrogen-bond acceptors (Lipinski definition) is 5. The van der Waals surface area contributed by atoms with Crippen LogP contribution < -0.4 is 10.5 Å². The number of halogens is 1. The largest absolute Gasteiger partial charge is 0.497 e. The molecule has 0 saturated carbocycles. The predicted molar refractivity (Wildman–Crippen MR) is 78.5 cm³/mol. The summed E-state index contributed by atoms with van der Waals surface area (Å²) in [5.41, 5.74) is 6.23. The van der Waals surface area contributed by atoms with Crippen LogP contribution in [0.1, 0.15) is 4.88 Å². The highest BCUT2D eigenvalue weighted by Crippen LogP contribution is 2.31. The summed E-state index contributed by atoms with van der Waals surface area (Å²) in [4.78, 5) is 10.4. The highest BCUT2D eigenvalue weighted by Gasteiger charge is 2.13. The van der Waals surface area contributed by atoms with Crippen LogP contribution in [-0.4, -0.2) is 17.1 Å². The van der Waals surface area contributed by atoms with E-state index >= 15 is 0 Å². The maximum atomic E-state index is 14.1. The number of rotatable bonds is 2. The normalized spacial score (nSPS) is 10.9. The van der Waals surface area contributed by atoms with E-state index in [-0.39, 0.29) is 5.82 Å². The Morgan fingerprint density at radius 2 is 2.05 bits per heavy atom. The second kappa shape index (κ2) is 4.72. The van der Waals surface area contributed by atoms with E-state index in [0.29, 0.717) is 17.1 Å². The maximum absolute atomic E-state index is 14.1. The summed E-state index contributed by atoms with van der Waals surface area (Å²) in [6, 6.07) is 6.50. The molecule has 0 atom stereocenters. The lowest BCUT2D eigenvalue weighted by atomic mass is 10.2. The summed E-state index contributed by atoms with van der Waals surface area (Å²) < 4.78 is 19.0. The van der Waals surface area contributed by atoms with Crippen LogP contribution in [0.4, 0.5) is 10.2 Å². The summed E-state index contributed by atoms with van der Waals surface area (Å²) in [6.07, 6.45) is 0. The number of aryl methyl sites for hydroxylation is 1. The topological polar surface area (TPSA) is 61.0 Å². The van der Waals surface area contributed by atoms with Crippen molar-refractivity contribution in [3.8, 4) is 17.1 Å². The fourth-order valence-corrected chi connectivity index (χ4v) is 2.88. The fraction of sp³-hybridized carbons (Fsp3) is 0.143. The second-order valence-corrected chi connectivity index (χ2v) is 5.59. The number of nitrogens with two attached hydrogens (primary N) is 1. The van der Waals surface area contributed by atoms with Gasteiger partial charge in [0, 0.05) is 10.9 Å². The Hall–Kier alpha value is -2.21. The second-order valence-electron chi connectivity index (χ2n) is 4.35. The van der Waals surface area contributed by atoms with E-state index in [9.17, 15) is 4.39 Å². The van der Waals surface area contributed by atoms with Crippen molar-refractivity contribution in [2.75, 3.05) is 12.8 Å². The molecule has 3 rings (SSSR count). The Morgan fingerprint density at radius 3 is 2.75 bits per heavy atom. The Balaban J connectivity index is 2.19. The van der Waals surface area contributed by atoms with E-state index in [2.05, 4.69) is 9.97 Å². The van der Waals surface area contributed by atoms with Gasteiger partial charge >= 0.3 is 0 Å². The molecular weight excluding hydrogens is 277 g/mol. The standard InChI is InChI=1S/C14H12FN3OS/c1-7-5-10-12(16)17-13(18-14(10)20-7)9-4-3-8(19-2)6-11(9)15/h3-6H,1-2H3,(H2,16,17,18). The van der Waals surface area contributed by atoms with Gasteiger partial charge in [-0.05, 0) is 25.1 Å². The molecule has 102 valence electrons. The van der Waals surface area contributed by atoms with Crippen molar-refractivity contribution in [3.05, 3.63) is 35.0 Å². The molecule has 6 heteroatoms. The van der Waals surface area contributed by atoms with Gasteiger partial charge < -0.3 is 10.5 Å². The van der Waals surface area contributed by atoms with Gasteiger partial charge in [0.2, 0.25) is 0 Å². The van der Waals surface area contributed by atoms with E-state index in [1.54, 1.807) is 12.1 Å². The molecule has 0 saturated heterocycles. The summed E-state index contributed by atoms with van der Waals surface area (Å²) in [5.74, 6) is 0.671. The molecule has 0 radical (unpaired) electrons. The Morgan fingerprint density at radius 1 is 1.25 bits per heavy atom. The zero-order valence-corrected chi connectivity index (χ0v) is 11.8. The van der Waals surface area contributed by atoms with Crippen LogP contribution in [-0.2, 0) is 0 Å². The van der Waals surface area contributed by atoms with Gasteiger partial charge in [-0.15, -0.1) is 11.3 Å². The third kappa shape index (κ3) is 2.08. The van der Waals surface area contributed by atoms with E-state index < -0.39 is 5.82 Å². The zero-order chi connectivity index (χ0) is 14.3. The highest BCUT2D eigenvalue weighted by molar-refractivity contribution is 7.18. The third-order valence-electron chi connectivity index (χ3n) is 2.96. The SMILES string of the molecule is COc1ccc(-c2nc(N)c3cc(C)sc3n2)c(F)c1. The summed E-state index contributed by atoms with van der Waals surface area (Å²) in [6.45, 7) is 1.97. The smallest absolute Gasteiger partial charge is 0.166 e. The van der Waals surface area contributed by atoms with Crippen molar-refractivity contribution in [2.45, 2.75) is 6.92 Å². The van der Waals surface area contributed by atoms with E-state index in [1.165, 1.54) is 24.5 Å². The number of aromatic nitrogens is 2. The molecule has 3 aromatic rings. The number of nitrogens with zero attached hydrogens (tertiary/aromatic N) is 2. The predicted octanol–water partition coefficient (Wildman–Crippen LogP) is 3.40. The minimum Gasteiger partial charge on any atom is -0.497 e. The van der Waals surface area contributed by atoms with E-state index in [0.717, 1.165) is 15.1 Å². The third-order valence-corrected chi connectivity index (χ3v) is 3.91. The van der Waals surface area contributed by atoms with Gasteiger partial charge in [-0.2, -0.15) is 0 Å². The molecule has 0 aliphatic heterocycles. The van der Waals surface area contributed by atoms with Crippen molar-refractivity contribution in [2.24, 2.45) is 0 Å². The highest BCUT2D eigenvalue weighted by atomic mass is 32.1. The molecule has 1 aromatic carbocycles. The minimum absolute atomic E-state index is 0.289. The van der Waals surface area contributed by atoms with Crippen LogP contribution >= 0.6 is 11.3 Å². The summed E-state index contributed by atoms with van der Waals surface area (Å²) in [7, 11) is 1.49. The maximum Gasteiger partial charge on any atom is 0.166 e. The first-order chi connectivity index (χ1) is 9.58. The molecule has 0 amide bonds. The van der Waals surface area contributed by atoms with Crippen molar-refractivity contribution in [1.29, 1.82) is 0 Å². The van der Waals surface area contributed by atoms with Crippen LogP contribution in [0.25, 0.3) is 21.6 Å². The number of benzene rings is 1. The van der Waals surface area contributed by atoms with Crippen LogP contribution in [0.15, 0.2) is 24.3 Å². The Labute approximate surface area is 119 Å². The lowest BCUT2D eigenvalue weighted by Gasteiger charge is -2.05. The van der Waals surface area contributed by atoms with Crippen molar-refractivity contribution >= 4 is 27.4 Å². The number of hydrogen-bond donors (Lipinski definition) is 1. The number of anilines is 1. The van der Waals surface area contributed by atoms with Crippen LogP contribution in [0, 0.1) is 12.7 Å². The van der Waals surface area contributed by atoms with Gasteiger partial charge in [0.1, 0.15) is 22.2 Å². The van der Waals surface area contributed by atoms with Crippen LogP contribution in [0.3, 0.4) is 0 Å². The summed E-state index contributed by atoms with van der Waals surface area (Å²) >= 11 is 1.51. The average Bonchev–Trinajstić information content (AvgIpc) is 2.79. The van der Waals surface area contributed by atoms with Gasteiger partial charge in [-0.3, -0.25) is 0 Å². The quantitative estimate of drug-likeness (QED) is 0.785. The van der Waals surface area contributed by atoms with Gasteiger partial charge in [0.25, 0.3) is 0 Å². The first kappa shape index (κ1) is 12.8. The zero-order valence-electron chi connectivity index (χ0n) is 11.0. The monoisotopic (exact) mass is 289 g/mol. The summed E-state index contributed by atoms with van der Waals surface area (Å²) in [5, 5.41) is 0.810. The van der Waals surface area contributed by atoms with Crippen molar-refractivity contribution in [1.82, 2.24) is 9.97 Å². The molecule has 20 heavy (non-hydrogen) atoms. The number of ether oxygens (including phenoxy) is 1. The molecule has 0 aliphatic rings. The molecule has 0 fully saturated rings. The molecular formula is C14H12FN3OS. The van der Waals surface area contributed by atoms with Crippen LogP contribution in [0.5, 0.6) is 5.75 Å². The molecule has 4 nitrogen and oxygen atoms in total. The molecule has 0 spiro atoms. The average molecular weight is 289 g/mol. The number of methoxy groups -OCH3 is 1. The van der Waals surface area contributed by atoms with E-state index in [1.807, 2.05) is 13.0 Å². The van der Waals surface area contributed by atoms with Gasteiger partial charge in [-0.25, -0.2) is 14.4 Å². The lowest BCUT2D eigenvalue weighted by molar-refractivity contribution is 0.411. The Kier molecular flexibility index (Phi) is 3.02. The van der Waals surface area contributed by atoms with E-state index in [4.69, 9.17) is 10.5 Å². The molecule has 0 unspecified atom stereocenters.